The molecule has 1 unspecified atom stereocenters. The highest BCUT2D eigenvalue weighted by atomic mass is 14.9. The summed E-state index contributed by atoms with van der Waals surface area (Å²) in [5.41, 5.74) is 0.651. The van der Waals surface area contributed by atoms with E-state index < -0.39 is 0 Å². The molecule has 0 amide bonds. The van der Waals surface area contributed by atoms with Crippen LogP contribution in [0.5, 0.6) is 0 Å². The van der Waals surface area contributed by atoms with Crippen molar-refractivity contribution in [3.05, 3.63) is 0 Å². The second-order valence-corrected chi connectivity index (χ2v) is 6.82. The molecule has 1 heteroatoms. The number of rotatable bonds is 7. The molecule has 0 aromatic heterocycles. The summed E-state index contributed by atoms with van der Waals surface area (Å²) in [5.74, 6) is 1.03. The lowest BCUT2D eigenvalue weighted by Gasteiger charge is -2.39. The zero-order chi connectivity index (χ0) is 12.8. The first-order chi connectivity index (χ1) is 8.80. The summed E-state index contributed by atoms with van der Waals surface area (Å²) in [6.45, 7) is 5.95. The lowest BCUT2D eigenvalue weighted by Crippen LogP contribution is -2.45. The molecule has 0 aliphatic heterocycles. The summed E-state index contributed by atoms with van der Waals surface area (Å²) in [4.78, 5) is 0. The van der Waals surface area contributed by atoms with Gasteiger partial charge in [-0.25, -0.2) is 0 Å². The van der Waals surface area contributed by atoms with Gasteiger partial charge in [0.15, 0.2) is 0 Å². The van der Waals surface area contributed by atoms with Crippen LogP contribution < -0.4 is 5.32 Å². The molecule has 1 atom stereocenters. The van der Waals surface area contributed by atoms with Crippen molar-refractivity contribution in [2.75, 3.05) is 6.54 Å². The van der Waals surface area contributed by atoms with Crippen LogP contribution in [-0.4, -0.2) is 12.6 Å². The lowest BCUT2D eigenvalue weighted by molar-refractivity contribution is 0.159. The Labute approximate surface area is 114 Å². The van der Waals surface area contributed by atoms with Gasteiger partial charge < -0.3 is 5.32 Å². The van der Waals surface area contributed by atoms with Crippen molar-refractivity contribution in [1.29, 1.82) is 0 Å². The molecule has 18 heavy (non-hydrogen) atoms. The van der Waals surface area contributed by atoms with E-state index in [4.69, 9.17) is 0 Å². The predicted octanol–water partition coefficient (Wildman–Crippen LogP) is 4.91. The first-order valence-electron chi connectivity index (χ1n) is 8.54. The molecule has 0 saturated heterocycles. The summed E-state index contributed by atoms with van der Waals surface area (Å²) in [7, 11) is 0. The highest BCUT2D eigenvalue weighted by Gasteiger charge is 2.40. The van der Waals surface area contributed by atoms with Crippen LogP contribution in [0.4, 0.5) is 0 Å². The Morgan fingerprint density at radius 2 is 1.72 bits per heavy atom. The molecule has 0 spiro atoms. The molecule has 0 heterocycles. The summed E-state index contributed by atoms with van der Waals surface area (Å²) >= 11 is 0. The van der Waals surface area contributed by atoms with Crippen LogP contribution in [0.25, 0.3) is 0 Å². The molecular weight excluding hydrogens is 218 g/mol. The molecule has 2 fully saturated rings. The van der Waals surface area contributed by atoms with E-state index in [9.17, 15) is 0 Å². The van der Waals surface area contributed by atoms with Gasteiger partial charge in [-0.2, -0.15) is 0 Å². The number of hydrogen-bond donors (Lipinski definition) is 1. The van der Waals surface area contributed by atoms with Gasteiger partial charge in [0, 0.05) is 6.04 Å². The van der Waals surface area contributed by atoms with E-state index >= 15 is 0 Å². The molecule has 2 rings (SSSR count). The Bertz CT molecular complexity index is 224. The van der Waals surface area contributed by atoms with E-state index in [1.54, 1.807) is 0 Å². The highest BCUT2D eigenvalue weighted by molar-refractivity contribution is 4.95. The minimum atomic E-state index is 0.651. The van der Waals surface area contributed by atoms with E-state index in [1.807, 2.05) is 0 Å². The van der Waals surface area contributed by atoms with Gasteiger partial charge in [0.1, 0.15) is 0 Å². The second kappa shape index (κ2) is 6.93. The van der Waals surface area contributed by atoms with Gasteiger partial charge in [-0.15, -0.1) is 0 Å². The van der Waals surface area contributed by atoms with E-state index in [2.05, 4.69) is 19.2 Å². The van der Waals surface area contributed by atoms with Crippen LogP contribution in [-0.2, 0) is 0 Å². The lowest BCUT2D eigenvalue weighted by atomic mass is 9.72. The average molecular weight is 251 g/mol. The third-order valence-corrected chi connectivity index (χ3v) is 5.73. The fraction of sp³-hybridized carbons (Fsp3) is 1.00. The van der Waals surface area contributed by atoms with Gasteiger partial charge >= 0.3 is 0 Å². The van der Waals surface area contributed by atoms with E-state index in [1.165, 1.54) is 77.2 Å². The van der Waals surface area contributed by atoms with Crippen LogP contribution in [0.2, 0.25) is 0 Å². The molecule has 0 radical (unpaired) electrons. The second-order valence-electron chi connectivity index (χ2n) is 6.82. The van der Waals surface area contributed by atoms with Crippen molar-refractivity contribution in [1.82, 2.24) is 5.32 Å². The summed E-state index contributed by atoms with van der Waals surface area (Å²) < 4.78 is 0. The fourth-order valence-corrected chi connectivity index (χ4v) is 4.48. The van der Waals surface area contributed by atoms with Gasteiger partial charge in [0.05, 0.1) is 0 Å². The standard InChI is InChI=1S/C17H33N/c1-3-13-18-16(14-15-9-5-6-10-15)17(4-2)11-7-8-12-17/h15-16,18H,3-14H2,1-2H3. The minimum absolute atomic E-state index is 0.651. The maximum atomic E-state index is 3.93. The van der Waals surface area contributed by atoms with E-state index in [-0.39, 0.29) is 0 Å². The Morgan fingerprint density at radius 3 is 2.28 bits per heavy atom. The van der Waals surface area contributed by atoms with Crippen molar-refractivity contribution in [2.45, 2.75) is 90.5 Å². The molecule has 2 aliphatic rings. The minimum Gasteiger partial charge on any atom is -0.313 e. The zero-order valence-corrected chi connectivity index (χ0v) is 12.6. The quantitative estimate of drug-likeness (QED) is 0.678. The van der Waals surface area contributed by atoms with Crippen molar-refractivity contribution < 1.29 is 0 Å². The van der Waals surface area contributed by atoms with Crippen LogP contribution in [0.15, 0.2) is 0 Å². The third-order valence-electron chi connectivity index (χ3n) is 5.73. The van der Waals surface area contributed by atoms with Gasteiger partial charge in [0.25, 0.3) is 0 Å². The third kappa shape index (κ3) is 3.29. The first kappa shape index (κ1) is 14.4. The van der Waals surface area contributed by atoms with E-state index in [0.29, 0.717) is 5.41 Å². The molecule has 1 nitrogen and oxygen atoms in total. The molecule has 2 aliphatic carbocycles. The van der Waals surface area contributed by atoms with Gasteiger partial charge in [-0.1, -0.05) is 52.4 Å². The fourth-order valence-electron chi connectivity index (χ4n) is 4.48. The molecule has 106 valence electrons. The molecule has 1 N–H and O–H groups in total. The van der Waals surface area contributed by atoms with Crippen molar-refractivity contribution in [3.8, 4) is 0 Å². The van der Waals surface area contributed by atoms with Crippen LogP contribution >= 0.6 is 0 Å². The number of hydrogen-bond acceptors (Lipinski definition) is 1. The first-order valence-corrected chi connectivity index (χ1v) is 8.54. The van der Waals surface area contributed by atoms with Crippen molar-refractivity contribution in [3.63, 3.8) is 0 Å². The van der Waals surface area contributed by atoms with Gasteiger partial charge in [-0.3, -0.25) is 0 Å². The maximum absolute atomic E-state index is 3.93. The van der Waals surface area contributed by atoms with Gasteiger partial charge in [-0.05, 0) is 50.0 Å². The smallest absolute Gasteiger partial charge is 0.0126 e. The summed E-state index contributed by atoms with van der Waals surface area (Å²) in [6, 6.07) is 0.813. The van der Waals surface area contributed by atoms with Crippen LogP contribution in [0.1, 0.15) is 84.5 Å². The molecular formula is C17H33N. The zero-order valence-electron chi connectivity index (χ0n) is 12.6. The van der Waals surface area contributed by atoms with E-state index in [0.717, 1.165) is 12.0 Å². The normalized spacial score (nSPS) is 25.7. The SMILES string of the molecule is CCCNC(CC1CCCC1)C1(CC)CCCC1. The Kier molecular flexibility index (Phi) is 5.54. The monoisotopic (exact) mass is 251 g/mol. The molecule has 2 saturated carbocycles. The predicted molar refractivity (Wildman–Crippen MR) is 79.8 cm³/mol. The summed E-state index contributed by atoms with van der Waals surface area (Å²) in [5, 5.41) is 3.93. The molecule has 0 aromatic rings. The van der Waals surface area contributed by atoms with Crippen LogP contribution in [0.3, 0.4) is 0 Å². The number of nitrogens with one attached hydrogen (secondary N) is 1. The van der Waals surface area contributed by atoms with Crippen molar-refractivity contribution in [2.24, 2.45) is 11.3 Å². The highest BCUT2D eigenvalue weighted by Crippen LogP contribution is 2.46. The van der Waals surface area contributed by atoms with Gasteiger partial charge in [0.2, 0.25) is 0 Å². The average Bonchev–Trinajstić information content (AvgIpc) is 3.05. The topological polar surface area (TPSA) is 12.0 Å². The maximum Gasteiger partial charge on any atom is 0.0126 e. The summed E-state index contributed by atoms with van der Waals surface area (Å²) in [6.07, 6.45) is 16.0. The molecule has 0 aromatic carbocycles. The molecule has 0 bridgehead atoms. The largest absolute Gasteiger partial charge is 0.313 e. The van der Waals surface area contributed by atoms with Crippen molar-refractivity contribution >= 4 is 0 Å². The Balaban J connectivity index is 1.97. The Hall–Kier alpha value is -0.0400. The Morgan fingerprint density at radius 1 is 1.06 bits per heavy atom. The van der Waals surface area contributed by atoms with Crippen LogP contribution in [0, 0.1) is 11.3 Å².